The number of benzene rings is 2. The van der Waals surface area contributed by atoms with Crippen molar-refractivity contribution in [1.82, 2.24) is 9.97 Å². The van der Waals surface area contributed by atoms with Crippen LogP contribution in [0.4, 0.5) is 4.79 Å². The number of aromatic amines is 1. The van der Waals surface area contributed by atoms with Crippen LogP contribution in [0.3, 0.4) is 0 Å². The van der Waals surface area contributed by atoms with E-state index < -0.39 is 6.16 Å². The first-order valence-corrected chi connectivity index (χ1v) is 7.53. The Morgan fingerprint density at radius 1 is 1.00 bits per heavy atom. The van der Waals surface area contributed by atoms with Crippen molar-refractivity contribution in [3.8, 4) is 5.75 Å². The summed E-state index contributed by atoms with van der Waals surface area (Å²) in [6, 6.07) is 16.8. The fourth-order valence-corrected chi connectivity index (χ4v) is 2.63. The first-order valence-electron chi connectivity index (χ1n) is 7.53. The van der Waals surface area contributed by atoms with Crippen LogP contribution in [-0.4, -0.2) is 16.1 Å². The molecule has 0 amide bonds. The van der Waals surface area contributed by atoms with E-state index in [-0.39, 0.29) is 6.61 Å². The second-order valence-electron chi connectivity index (χ2n) is 5.38. The lowest BCUT2D eigenvalue weighted by atomic mass is 10.2. The molecule has 4 rings (SSSR count). The first kappa shape index (κ1) is 14.3. The number of carbonyl (C=O) groups excluding carboxylic acids is 1. The van der Waals surface area contributed by atoms with E-state index in [0.29, 0.717) is 5.75 Å². The Labute approximate surface area is 137 Å². The van der Waals surface area contributed by atoms with Crippen molar-refractivity contribution in [2.24, 2.45) is 0 Å². The zero-order chi connectivity index (χ0) is 16.4. The van der Waals surface area contributed by atoms with E-state index in [0.717, 1.165) is 27.4 Å². The summed E-state index contributed by atoms with van der Waals surface area (Å²) in [4.78, 5) is 19.2. The number of hydrogen-bond donors (Lipinski definition) is 1. The lowest BCUT2D eigenvalue weighted by Crippen LogP contribution is -2.10. The van der Waals surface area contributed by atoms with Gasteiger partial charge in [-0.3, -0.25) is 4.98 Å². The second kappa shape index (κ2) is 6.04. The summed E-state index contributed by atoms with van der Waals surface area (Å²) in [6.45, 7) is 0.181. The Hall–Kier alpha value is -3.34. The van der Waals surface area contributed by atoms with E-state index in [2.05, 4.69) is 9.97 Å². The fraction of sp³-hybridized carbons (Fsp3) is 0.0526. The molecule has 2 aromatic heterocycles. The number of nitrogens with one attached hydrogen (secondary N) is 1. The molecule has 118 valence electrons. The third-order valence-corrected chi connectivity index (χ3v) is 3.77. The summed E-state index contributed by atoms with van der Waals surface area (Å²) in [6.07, 6.45) is 2.78. The Bertz CT molecular complexity index is 1010. The molecular weight excluding hydrogens is 304 g/mol. The number of rotatable bonds is 3. The molecule has 5 heteroatoms. The van der Waals surface area contributed by atoms with Crippen LogP contribution in [-0.2, 0) is 11.3 Å². The Morgan fingerprint density at radius 3 is 2.75 bits per heavy atom. The monoisotopic (exact) mass is 318 g/mol. The van der Waals surface area contributed by atoms with Crippen molar-refractivity contribution in [3.63, 3.8) is 0 Å². The molecule has 0 aliphatic heterocycles. The van der Waals surface area contributed by atoms with Gasteiger partial charge in [-0.1, -0.05) is 30.3 Å². The molecular formula is C19H14N2O3. The average molecular weight is 318 g/mol. The normalized spacial score (nSPS) is 10.8. The van der Waals surface area contributed by atoms with E-state index in [4.69, 9.17) is 9.47 Å². The Balaban J connectivity index is 1.51. The molecule has 5 nitrogen and oxygen atoms in total. The molecule has 0 saturated heterocycles. The van der Waals surface area contributed by atoms with Crippen molar-refractivity contribution in [3.05, 3.63) is 72.6 Å². The van der Waals surface area contributed by atoms with Crippen molar-refractivity contribution in [1.29, 1.82) is 0 Å². The molecule has 1 N–H and O–H groups in total. The summed E-state index contributed by atoms with van der Waals surface area (Å²) in [5.74, 6) is 0.443. The number of ether oxygens (including phenoxy) is 2. The number of carbonyl (C=O) groups is 1. The molecule has 0 atom stereocenters. The molecule has 4 aromatic rings. The highest BCUT2D eigenvalue weighted by atomic mass is 16.7. The number of nitrogens with zero attached hydrogens (tertiary/aromatic N) is 1. The SMILES string of the molecule is O=C(OCc1ccccc1)Oc1ccc2[nH]c3cnccc3c2c1. The molecule has 0 aliphatic carbocycles. The minimum absolute atomic E-state index is 0.181. The third-order valence-electron chi connectivity index (χ3n) is 3.77. The van der Waals surface area contributed by atoms with Crippen LogP contribution in [0, 0.1) is 0 Å². The van der Waals surface area contributed by atoms with Crippen molar-refractivity contribution in [2.75, 3.05) is 0 Å². The van der Waals surface area contributed by atoms with E-state index in [9.17, 15) is 4.79 Å². The van der Waals surface area contributed by atoms with Crippen LogP contribution in [0.1, 0.15) is 5.56 Å². The maximum Gasteiger partial charge on any atom is 0.514 e. The third kappa shape index (κ3) is 2.79. The van der Waals surface area contributed by atoms with Gasteiger partial charge in [0, 0.05) is 22.5 Å². The molecule has 0 radical (unpaired) electrons. The quantitative estimate of drug-likeness (QED) is 0.448. The summed E-state index contributed by atoms with van der Waals surface area (Å²) in [5.41, 5.74) is 2.81. The minimum atomic E-state index is -0.722. The van der Waals surface area contributed by atoms with Gasteiger partial charge >= 0.3 is 6.16 Å². The second-order valence-corrected chi connectivity index (χ2v) is 5.38. The highest BCUT2D eigenvalue weighted by molar-refractivity contribution is 6.07. The molecule has 0 saturated carbocycles. The van der Waals surface area contributed by atoms with Crippen molar-refractivity contribution >= 4 is 28.0 Å². The van der Waals surface area contributed by atoms with Crippen LogP contribution in [0.25, 0.3) is 21.8 Å². The van der Waals surface area contributed by atoms with Crippen LogP contribution in [0.5, 0.6) is 5.75 Å². The van der Waals surface area contributed by atoms with Gasteiger partial charge in [0.2, 0.25) is 0 Å². The molecule has 0 aliphatic rings. The fourth-order valence-electron chi connectivity index (χ4n) is 2.63. The van der Waals surface area contributed by atoms with Crippen molar-refractivity contribution in [2.45, 2.75) is 6.61 Å². The summed E-state index contributed by atoms with van der Waals surface area (Å²) in [5, 5.41) is 2.00. The molecule has 0 unspecified atom stereocenters. The van der Waals surface area contributed by atoms with Crippen molar-refractivity contribution < 1.29 is 14.3 Å². The molecule has 2 heterocycles. The largest absolute Gasteiger partial charge is 0.514 e. The van der Waals surface area contributed by atoms with E-state index in [1.807, 2.05) is 48.5 Å². The predicted molar refractivity (Wildman–Crippen MR) is 90.9 cm³/mol. The standard InChI is InChI=1S/C19H14N2O3/c22-19(23-12-13-4-2-1-3-5-13)24-14-6-7-17-16(10-14)15-8-9-20-11-18(15)21-17/h1-11,21H,12H2. The van der Waals surface area contributed by atoms with Gasteiger partial charge in [0.25, 0.3) is 0 Å². The predicted octanol–water partition coefficient (Wildman–Crippen LogP) is 4.43. The maximum atomic E-state index is 11.9. The van der Waals surface area contributed by atoms with Gasteiger partial charge in [0.1, 0.15) is 12.4 Å². The first-order chi connectivity index (χ1) is 11.8. The molecule has 2 aromatic carbocycles. The van der Waals surface area contributed by atoms with E-state index in [1.54, 1.807) is 18.5 Å². The number of fused-ring (bicyclic) bond motifs is 3. The van der Waals surface area contributed by atoms with Gasteiger partial charge in [-0.05, 0) is 29.8 Å². The zero-order valence-electron chi connectivity index (χ0n) is 12.7. The summed E-state index contributed by atoms with van der Waals surface area (Å²) in [7, 11) is 0. The number of pyridine rings is 1. The van der Waals surface area contributed by atoms with Gasteiger partial charge < -0.3 is 14.5 Å². The molecule has 0 bridgehead atoms. The summed E-state index contributed by atoms with van der Waals surface area (Å²) < 4.78 is 10.4. The zero-order valence-corrected chi connectivity index (χ0v) is 12.7. The molecule has 24 heavy (non-hydrogen) atoms. The minimum Gasteiger partial charge on any atom is -0.429 e. The van der Waals surface area contributed by atoms with E-state index in [1.165, 1.54) is 0 Å². The Morgan fingerprint density at radius 2 is 1.88 bits per heavy atom. The van der Waals surface area contributed by atoms with Crippen LogP contribution in [0.2, 0.25) is 0 Å². The van der Waals surface area contributed by atoms with Gasteiger partial charge in [-0.2, -0.15) is 0 Å². The van der Waals surface area contributed by atoms with Gasteiger partial charge in [-0.25, -0.2) is 4.79 Å². The van der Waals surface area contributed by atoms with Gasteiger partial charge in [0.05, 0.1) is 11.7 Å². The number of hydrogen-bond acceptors (Lipinski definition) is 4. The topological polar surface area (TPSA) is 64.2 Å². The lowest BCUT2D eigenvalue weighted by molar-refractivity contribution is 0.0928. The number of H-pyrrole nitrogens is 1. The van der Waals surface area contributed by atoms with Crippen LogP contribution in [0.15, 0.2) is 67.0 Å². The number of aromatic nitrogens is 2. The van der Waals surface area contributed by atoms with Crippen LogP contribution >= 0.6 is 0 Å². The maximum absolute atomic E-state index is 11.9. The van der Waals surface area contributed by atoms with Gasteiger partial charge in [-0.15, -0.1) is 0 Å². The van der Waals surface area contributed by atoms with Crippen LogP contribution < -0.4 is 4.74 Å². The Kier molecular flexibility index (Phi) is 3.59. The highest BCUT2D eigenvalue weighted by Gasteiger charge is 2.10. The summed E-state index contributed by atoms with van der Waals surface area (Å²) >= 11 is 0. The highest BCUT2D eigenvalue weighted by Crippen LogP contribution is 2.28. The average Bonchev–Trinajstić information content (AvgIpc) is 2.99. The lowest BCUT2D eigenvalue weighted by Gasteiger charge is -2.06. The van der Waals surface area contributed by atoms with E-state index >= 15 is 0 Å². The molecule has 0 fully saturated rings. The smallest absolute Gasteiger partial charge is 0.429 e. The molecule has 0 spiro atoms. The van der Waals surface area contributed by atoms with Gasteiger partial charge in [0.15, 0.2) is 0 Å².